The second kappa shape index (κ2) is 8.34. The fourth-order valence-corrected chi connectivity index (χ4v) is 2.54. The zero-order chi connectivity index (χ0) is 20.1. The Hall–Kier alpha value is -3.68. The molecule has 8 heteroatoms. The standard InChI is InChI=1S/C20H15F2N3O3/c1-2-28-20(27)17-15(11-26)24-18(16-13(21)9-6-10-14(16)22)25-19(17)23-12-7-4-3-5-8-12/h3-11H,2H2,1H3,(H,23,24,25). The first-order chi connectivity index (χ1) is 13.5. The first kappa shape index (κ1) is 19.1. The summed E-state index contributed by atoms with van der Waals surface area (Å²) < 4.78 is 33.4. The smallest absolute Gasteiger partial charge is 0.344 e. The van der Waals surface area contributed by atoms with E-state index in [-0.39, 0.29) is 29.5 Å². The van der Waals surface area contributed by atoms with E-state index < -0.39 is 23.2 Å². The molecule has 28 heavy (non-hydrogen) atoms. The fraction of sp³-hybridized carbons (Fsp3) is 0.100. The van der Waals surface area contributed by atoms with Crippen molar-refractivity contribution in [3.05, 3.63) is 71.4 Å². The number of halogens is 2. The zero-order valence-electron chi connectivity index (χ0n) is 14.8. The van der Waals surface area contributed by atoms with Crippen LogP contribution in [0.15, 0.2) is 48.5 Å². The molecule has 0 aliphatic heterocycles. The minimum atomic E-state index is -0.897. The Morgan fingerprint density at radius 3 is 2.36 bits per heavy atom. The van der Waals surface area contributed by atoms with Gasteiger partial charge in [0.2, 0.25) is 0 Å². The molecule has 6 nitrogen and oxygen atoms in total. The summed E-state index contributed by atoms with van der Waals surface area (Å²) in [4.78, 5) is 31.9. The number of aldehydes is 1. The van der Waals surface area contributed by atoms with E-state index in [1.165, 1.54) is 6.07 Å². The van der Waals surface area contributed by atoms with E-state index in [1.54, 1.807) is 37.3 Å². The molecule has 0 saturated carbocycles. The van der Waals surface area contributed by atoms with Crippen molar-refractivity contribution in [1.29, 1.82) is 0 Å². The fourth-order valence-electron chi connectivity index (χ4n) is 2.54. The second-order valence-corrected chi connectivity index (χ2v) is 5.58. The van der Waals surface area contributed by atoms with E-state index >= 15 is 0 Å². The van der Waals surface area contributed by atoms with Crippen LogP contribution in [-0.4, -0.2) is 28.8 Å². The van der Waals surface area contributed by atoms with Gasteiger partial charge >= 0.3 is 5.97 Å². The molecule has 1 N–H and O–H groups in total. The number of hydrogen-bond donors (Lipinski definition) is 1. The topological polar surface area (TPSA) is 81.2 Å². The lowest BCUT2D eigenvalue weighted by Crippen LogP contribution is -2.15. The van der Waals surface area contributed by atoms with Gasteiger partial charge < -0.3 is 10.1 Å². The Morgan fingerprint density at radius 1 is 1.07 bits per heavy atom. The molecule has 0 saturated heterocycles. The van der Waals surface area contributed by atoms with Crippen molar-refractivity contribution in [3.8, 4) is 11.4 Å². The summed E-state index contributed by atoms with van der Waals surface area (Å²) in [5.74, 6) is -3.09. The van der Waals surface area contributed by atoms with E-state index in [2.05, 4.69) is 15.3 Å². The number of aromatic nitrogens is 2. The van der Waals surface area contributed by atoms with Crippen molar-refractivity contribution in [2.24, 2.45) is 0 Å². The van der Waals surface area contributed by atoms with Crippen LogP contribution < -0.4 is 5.32 Å². The molecule has 0 aliphatic carbocycles. The summed E-state index contributed by atoms with van der Waals surface area (Å²) in [7, 11) is 0. The first-order valence-corrected chi connectivity index (χ1v) is 8.36. The van der Waals surface area contributed by atoms with Crippen LogP contribution >= 0.6 is 0 Å². The number of carbonyl (C=O) groups is 2. The number of para-hydroxylation sites is 1. The summed E-state index contributed by atoms with van der Waals surface area (Å²) >= 11 is 0. The zero-order valence-corrected chi connectivity index (χ0v) is 14.8. The highest BCUT2D eigenvalue weighted by Crippen LogP contribution is 2.28. The van der Waals surface area contributed by atoms with Gasteiger partial charge in [0.15, 0.2) is 12.1 Å². The molecule has 2 aromatic carbocycles. The predicted octanol–water partition coefficient (Wildman–Crippen LogP) is 4.15. The van der Waals surface area contributed by atoms with Gasteiger partial charge in [0.05, 0.1) is 12.2 Å². The van der Waals surface area contributed by atoms with Gasteiger partial charge in [-0.3, -0.25) is 4.79 Å². The molecule has 0 spiro atoms. The number of hydrogen-bond acceptors (Lipinski definition) is 6. The van der Waals surface area contributed by atoms with Gasteiger partial charge in [0.1, 0.15) is 28.7 Å². The van der Waals surface area contributed by atoms with E-state index in [1.807, 2.05) is 0 Å². The summed E-state index contributed by atoms with van der Waals surface area (Å²) in [5, 5.41) is 2.88. The van der Waals surface area contributed by atoms with Crippen LogP contribution in [0.2, 0.25) is 0 Å². The van der Waals surface area contributed by atoms with Gasteiger partial charge in [-0.15, -0.1) is 0 Å². The summed E-state index contributed by atoms with van der Waals surface area (Å²) in [5.41, 5.74) is -0.522. The molecule has 0 fully saturated rings. The number of nitrogens with zero attached hydrogens (tertiary/aromatic N) is 2. The van der Waals surface area contributed by atoms with Crippen LogP contribution in [0.5, 0.6) is 0 Å². The summed E-state index contributed by atoms with van der Waals surface area (Å²) in [6.45, 7) is 1.67. The van der Waals surface area contributed by atoms with Crippen LogP contribution in [-0.2, 0) is 4.74 Å². The molecule has 1 aromatic heterocycles. The van der Waals surface area contributed by atoms with Crippen LogP contribution in [0, 0.1) is 11.6 Å². The average Bonchev–Trinajstić information content (AvgIpc) is 2.68. The van der Waals surface area contributed by atoms with Gasteiger partial charge in [-0.05, 0) is 31.2 Å². The van der Waals surface area contributed by atoms with Gasteiger partial charge in [0.25, 0.3) is 0 Å². The van der Waals surface area contributed by atoms with Gasteiger partial charge in [-0.2, -0.15) is 0 Å². The molecule has 142 valence electrons. The molecule has 3 rings (SSSR count). The molecule has 0 radical (unpaired) electrons. The second-order valence-electron chi connectivity index (χ2n) is 5.58. The van der Waals surface area contributed by atoms with Crippen LogP contribution in [0.4, 0.5) is 20.3 Å². The van der Waals surface area contributed by atoms with E-state index in [4.69, 9.17) is 4.74 Å². The monoisotopic (exact) mass is 383 g/mol. The molecule has 1 heterocycles. The van der Waals surface area contributed by atoms with Crippen molar-refractivity contribution < 1.29 is 23.1 Å². The Balaban J connectivity index is 2.23. The number of anilines is 2. The maximum absolute atomic E-state index is 14.2. The molecular weight excluding hydrogens is 368 g/mol. The summed E-state index contributed by atoms with van der Waals surface area (Å²) in [6, 6.07) is 12.0. The highest BCUT2D eigenvalue weighted by molar-refractivity contribution is 6.02. The molecule has 0 atom stereocenters. The number of rotatable bonds is 6. The molecule has 0 unspecified atom stereocenters. The van der Waals surface area contributed by atoms with Crippen molar-refractivity contribution in [3.63, 3.8) is 0 Å². The largest absolute Gasteiger partial charge is 0.462 e. The van der Waals surface area contributed by atoms with Crippen molar-refractivity contribution >= 4 is 23.8 Å². The van der Waals surface area contributed by atoms with E-state index in [9.17, 15) is 18.4 Å². The third kappa shape index (κ3) is 3.85. The number of ether oxygens (including phenoxy) is 1. The molecule has 0 bridgehead atoms. The Bertz CT molecular complexity index is 1010. The normalized spacial score (nSPS) is 10.4. The van der Waals surface area contributed by atoms with Crippen molar-refractivity contribution in [2.45, 2.75) is 6.92 Å². The predicted molar refractivity (Wildman–Crippen MR) is 98.5 cm³/mol. The average molecular weight is 383 g/mol. The molecule has 0 aliphatic rings. The number of esters is 1. The van der Waals surface area contributed by atoms with E-state index in [0.29, 0.717) is 12.0 Å². The van der Waals surface area contributed by atoms with Crippen LogP contribution in [0.1, 0.15) is 27.8 Å². The lowest BCUT2D eigenvalue weighted by molar-refractivity contribution is 0.0524. The van der Waals surface area contributed by atoms with Gasteiger partial charge in [0, 0.05) is 5.69 Å². The van der Waals surface area contributed by atoms with Crippen LogP contribution in [0.25, 0.3) is 11.4 Å². The number of nitrogens with one attached hydrogen (secondary N) is 1. The minimum Gasteiger partial charge on any atom is -0.462 e. The Morgan fingerprint density at radius 2 is 1.75 bits per heavy atom. The number of carbonyl (C=O) groups excluding carboxylic acids is 2. The molecule has 3 aromatic rings. The van der Waals surface area contributed by atoms with Crippen molar-refractivity contribution in [1.82, 2.24) is 9.97 Å². The SMILES string of the molecule is CCOC(=O)c1c(C=O)nc(-c2c(F)cccc2F)nc1Nc1ccccc1. The lowest BCUT2D eigenvalue weighted by atomic mass is 10.1. The molecule has 0 amide bonds. The van der Waals surface area contributed by atoms with Crippen molar-refractivity contribution in [2.75, 3.05) is 11.9 Å². The quantitative estimate of drug-likeness (QED) is 0.509. The lowest BCUT2D eigenvalue weighted by Gasteiger charge is -2.14. The summed E-state index contributed by atoms with van der Waals surface area (Å²) in [6.07, 6.45) is 0.312. The maximum atomic E-state index is 14.2. The molecular formula is C20H15F2N3O3. The highest BCUT2D eigenvalue weighted by Gasteiger charge is 2.25. The Labute approximate surface area is 159 Å². The number of benzene rings is 2. The van der Waals surface area contributed by atoms with Gasteiger partial charge in [-0.25, -0.2) is 23.5 Å². The van der Waals surface area contributed by atoms with E-state index in [0.717, 1.165) is 12.1 Å². The third-order valence-electron chi connectivity index (χ3n) is 3.75. The maximum Gasteiger partial charge on any atom is 0.344 e. The minimum absolute atomic E-state index is 0.0611. The van der Waals surface area contributed by atoms with Crippen LogP contribution in [0.3, 0.4) is 0 Å². The van der Waals surface area contributed by atoms with Gasteiger partial charge in [-0.1, -0.05) is 24.3 Å². The Kier molecular flexibility index (Phi) is 5.69. The highest BCUT2D eigenvalue weighted by atomic mass is 19.1. The first-order valence-electron chi connectivity index (χ1n) is 8.36. The third-order valence-corrected chi connectivity index (χ3v) is 3.75.